The smallest absolute Gasteiger partial charge is 0.0558 e. The van der Waals surface area contributed by atoms with Crippen LogP contribution >= 0.6 is 0 Å². The molecule has 2 aliphatic rings. The quantitative estimate of drug-likeness (QED) is 0.593. The summed E-state index contributed by atoms with van der Waals surface area (Å²) in [4.78, 5) is 4.78. The molecule has 2 aromatic rings. The summed E-state index contributed by atoms with van der Waals surface area (Å²) in [5.41, 5.74) is 5.74. The van der Waals surface area contributed by atoms with E-state index < -0.39 is 0 Å². The summed E-state index contributed by atoms with van der Waals surface area (Å²) in [6.07, 6.45) is 8.98. The summed E-state index contributed by atoms with van der Waals surface area (Å²) in [7, 11) is 0. The average molecular weight is 407 g/mol. The third-order valence-corrected chi connectivity index (χ3v) is 6.70. The number of fused-ring (bicyclic) bond motifs is 2. The Hall–Kier alpha value is -1.98. The highest BCUT2D eigenvalue weighted by atomic mass is 16.3. The molecule has 4 nitrogen and oxygen atoms in total. The van der Waals surface area contributed by atoms with Gasteiger partial charge in [0.1, 0.15) is 0 Å². The van der Waals surface area contributed by atoms with E-state index in [0.29, 0.717) is 25.2 Å². The number of nitrogens with zero attached hydrogens (tertiary/aromatic N) is 2. The van der Waals surface area contributed by atoms with E-state index in [1.54, 1.807) is 0 Å². The number of hydrogen-bond acceptors (Lipinski definition) is 4. The molecule has 2 N–H and O–H groups in total. The standard InChI is InChI=1S/C26H34N2O2/c29-19-17-27(25-13-11-21-7-1-3-9-23(21)25)15-5-6-16-28(18-20-30)26-14-12-22-8-2-4-10-24(22)26/h1-10,25-26,29-30H,11-20H2/b6-5+. The van der Waals surface area contributed by atoms with Gasteiger partial charge < -0.3 is 10.2 Å². The Labute approximate surface area is 180 Å². The summed E-state index contributed by atoms with van der Waals surface area (Å²) in [5, 5.41) is 19.2. The zero-order valence-corrected chi connectivity index (χ0v) is 17.8. The maximum absolute atomic E-state index is 9.59. The van der Waals surface area contributed by atoms with Crippen molar-refractivity contribution in [2.24, 2.45) is 0 Å². The predicted octanol–water partition coefficient (Wildman–Crippen LogP) is 3.51. The van der Waals surface area contributed by atoms with Crippen molar-refractivity contribution < 1.29 is 10.2 Å². The van der Waals surface area contributed by atoms with Crippen LogP contribution in [0.3, 0.4) is 0 Å². The van der Waals surface area contributed by atoms with Crippen LogP contribution in [-0.4, -0.2) is 59.4 Å². The van der Waals surface area contributed by atoms with Crippen LogP contribution in [0, 0.1) is 0 Å². The van der Waals surface area contributed by atoms with E-state index in [4.69, 9.17) is 0 Å². The lowest BCUT2D eigenvalue weighted by molar-refractivity contribution is 0.160. The van der Waals surface area contributed by atoms with Crippen LogP contribution in [0.4, 0.5) is 0 Å². The Morgan fingerprint density at radius 1 is 0.700 bits per heavy atom. The van der Waals surface area contributed by atoms with Gasteiger partial charge in [-0.05, 0) is 47.9 Å². The molecule has 0 amide bonds. The Kier molecular flexibility index (Phi) is 7.34. The predicted molar refractivity (Wildman–Crippen MR) is 121 cm³/mol. The molecular weight excluding hydrogens is 372 g/mol. The minimum absolute atomic E-state index is 0.183. The Morgan fingerprint density at radius 3 is 1.57 bits per heavy atom. The molecule has 4 rings (SSSR count). The molecule has 4 heteroatoms. The molecule has 0 bridgehead atoms. The van der Waals surface area contributed by atoms with Crippen LogP contribution in [0.5, 0.6) is 0 Å². The van der Waals surface area contributed by atoms with Crippen molar-refractivity contribution in [2.75, 3.05) is 39.4 Å². The SMILES string of the molecule is OCCN(C/C=C/CN(CCO)C1CCc2ccccc21)C1CCc2ccccc21. The largest absolute Gasteiger partial charge is 0.395 e. The molecule has 0 saturated carbocycles. The van der Waals surface area contributed by atoms with Crippen molar-refractivity contribution in [1.29, 1.82) is 0 Å². The lowest BCUT2D eigenvalue weighted by atomic mass is 10.1. The number of hydrogen-bond donors (Lipinski definition) is 2. The van der Waals surface area contributed by atoms with E-state index in [0.717, 1.165) is 38.8 Å². The van der Waals surface area contributed by atoms with Gasteiger partial charge in [0.05, 0.1) is 13.2 Å². The van der Waals surface area contributed by atoms with Crippen LogP contribution in [0.2, 0.25) is 0 Å². The zero-order valence-electron chi connectivity index (χ0n) is 17.8. The first-order valence-electron chi connectivity index (χ1n) is 11.3. The molecule has 0 radical (unpaired) electrons. The lowest BCUT2D eigenvalue weighted by Crippen LogP contribution is -2.32. The second kappa shape index (κ2) is 10.4. The van der Waals surface area contributed by atoms with Crippen molar-refractivity contribution in [3.8, 4) is 0 Å². The van der Waals surface area contributed by atoms with Crippen LogP contribution in [0.15, 0.2) is 60.7 Å². The fourth-order valence-electron chi connectivity index (χ4n) is 5.25. The van der Waals surface area contributed by atoms with Gasteiger partial charge in [-0.1, -0.05) is 60.7 Å². The normalized spacial score (nSPS) is 20.4. The number of aliphatic hydroxyl groups is 2. The fraction of sp³-hybridized carbons (Fsp3) is 0.462. The maximum atomic E-state index is 9.59. The van der Waals surface area contributed by atoms with E-state index in [1.807, 2.05) is 0 Å². The minimum Gasteiger partial charge on any atom is -0.395 e. The van der Waals surface area contributed by atoms with Crippen LogP contribution in [0.25, 0.3) is 0 Å². The first kappa shape index (κ1) is 21.3. The summed E-state index contributed by atoms with van der Waals surface area (Å²) in [6.45, 7) is 3.44. The van der Waals surface area contributed by atoms with Gasteiger partial charge in [0.25, 0.3) is 0 Å². The van der Waals surface area contributed by atoms with Crippen LogP contribution in [-0.2, 0) is 12.8 Å². The molecule has 0 heterocycles. The van der Waals surface area contributed by atoms with E-state index in [1.165, 1.54) is 22.3 Å². The van der Waals surface area contributed by atoms with Gasteiger partial charge in [-0.15, -0.1) is 0 Å². The number of aryl methyl sites for hydroxylation is 2. The molecule has 0 aliphatic heterocycles. The first-order valence-corrected chi connectivity index (χ1v) is 11.3. The van der Waals surface area contributed by atoms with Gasteiger partial charge in [-0.2, -0.15) is 0 Å². The first-order chi connectivity index (χ1) is 14.8. The van der Waals surface area contributed by atoms with Crippen molar-refractivity contribution in [1.82, 2.24) is 9.80 Å². The van der Waals surface area contributed by atoms with Crippen molar-refractivity contribution in [3.63, 3.8) is 0 Å². The van der Waals surface area contributed by atoms with E-state index >= 15 is 0 Å². The lowest BCUT2D eigenvalue weighted by Gasteiger charge is -2.29. The molecular formula is C26H34N2O2. The van der Waals surface area contributed by atoms with Crippen LogP contribution < -0.4 is 0 Å². The monoisotopic (exact) mass is 406 g/mol. The highest BCUT2D eigenvalue weighted by molar-refractivity contribution is 5.35. The third-order valence-electron chi connectivity index (χ3n) is 6.70. The second-order valence-corrected chi connectivity index (χ2v) is 8.42. The molecule has 2 atom stereocenters. The van der Waals surface area contributed by atoms with Gasteiger partial charge in [-0.3, -0.25) is 9.80 Å². The zero-order chi connectivity index (χ0) is 20.8. The molecule has 2 aromatic carbocycles. The van der Waals surface area contributed by atoms with Gasteiger partial charge in [-0.25, -0.2) is 0 Å². The molecule has 0 fully saturated rings. The molecule has 0 aromatic heterocycles. The van der Waals surface area contributed by atoms with E-state index in [9.17, 15) is 10.2 Å². The molecule has 0 saturated heterocycles. The maximum Gasteiger partial charge on any atom is 0.0558 e. The second-order valence-electron chi connectivity index (χ2n) is 8.42. The molecule has 160 valence electrons. The van der Waals surface area contributed by atoms with Crippen molar-refractivity contribution >= 4 is 0 Å². The molecule has 0 spiro atoms. The minimum atomic E-state index is 0.183. The Bertz CT molecular complexity index is 781. The van der Waals surface area contributed by atoms with Gasteiger partial charge in [0.15, 0.2) is 0 Å². The molecule has 2 aliphatic carbocycles. The van der Waals surface area contributed by atoms with E-state index in [-0.39, 0.29) is 13.2 Å². The molecule has 30 heavy (non-hydrogen) atoms. The average Bonchev–Trinajstić information content (AvgIpc) is 3.39. The summed E-state index contributed by atoms with van der Waals surface area (Å²) < 4.78 is 0. The summed E-state index contributed by atoms with van der Waals surface area (Å²) >= 11 is 0. The van der Waals surface area contributed by atoms with Gasteiger partial charge >= 0.3 is 0 Å². The fourth-order valence-corrected chi connectivity index (χ4v) is 5.25. The topological polar surface area (TPSA) is 46.9 Å². The van der Waals surface area contributed by atoms with Crippen molar-refractivity contribution in [3.05, 3.63) is 82.9 Å². The molecule has 2 unspecified atom stereocenters. The number of rotatable bonds is 10. The van der Waals surface area contributed by atoms with Crippen LogP contribution in [0.1, 0.15) is 47.2 Å². The number of aliphatic hydroxyl groups excluding tert-OH is 2. The highest BCUT2D eigenvalue weighted by Gasteiger charge is 2.28. The van der Waals surface area contributed by atoms with Crippen molar-refractivity contribution in [2.45, 2.75) is 37.8 Å². The Balaban J connectivity index is 1.38. The van der Waals surface area contributed by atoms with Gasteiger partial charge in [0, 0.05) is 38.3 Å². The Morgan fingerprint density at radius 2 is 1.13 bits per heavy atom. The third kappa shape index (κ3) is 4.68. The highest BCUT2D eigenvalue weighted by Crippen LogP contribution is 2.36. The van der Waals surface area contributed by atoms with Gasteiger partial charge in [0.2, 0.25) is 0 Å². The number of benzene rings is 2. The van der Waals surface area contributed by atoms with E-state index in [2.05, 4.69) is 70.5 Å². The summed E-state index contributed by atoms with van der Waals surface area (Å²) in [6, 6.07) is 18.2. The summed E-state index contributed by atoms with van der Waals surface area (Å²) in [5.74, 6) is 0.